The van der Waals surface area contributed by atoms with Gasteiger partial charge in [-0.15, -0.1) is 0 Å². The zero-order valence-electron chi connectivity index (χ0n) is 27.0. The quantitative estimate of drug-likeness (QED) is 0.278. The molecule has 2 atom stereocenters. The normalized spacial score (nSPS) is 22.5. The molecule has 244 valence electrons. The fourth-order valence-electron chi connectivity index (χ4n) is 7.30. The van der Waals surface area contributed by atoms with Crippen LogP contribution in [0.2, 0.25) is 0 Å². The van der Waals surface area contributed by atoms with Crippen molar-refractivity contribution in [3.05, 3.63) is 144 Å². The number of rotatable bonds is 8. The molecular formula is C38H38N6O4. The lowest BCUT2D eigenvalue weighted by atomic mass is 9.82. The standard InChI is InChI=1S/C38H38N6O4/c1-27-23-42(26-44-34(46)38(40-36(44)48,31-19-11-5-12-20-31)32-21-13-6-14-22-32)28(2)24-41(27)25-43-33(45)37(39-35(43)47,29-15-7-3-8-16-29)30-17-9-4-10-18-30/h3-22,27-28H,23-26H2,1-2H3,(H,39,47)(H,40,48). The van der Waals surface area contributed by atoms with Gasteiger partial charge in [-0.25, -0.2) is 19.4 Å². The molecule has 48 heavy (non-hydrogen) atoms. The number of amides is 6. The predicted molar refractivity (Wildman–Crippen MR) is 180 cm³/mol. The van der Waals surface area contributed by atoms with Gasteiger partial charge in [0.1, 0.15) is 0 Å². The largest absolute Gasteiger partial charge is 0.326 e. The van der Waals surface area contributed by atoms with Crippen molar-refractivity contribution in [2.24, 2.45) is 0 Å². The second kappa shape index (κ2) is 12.4. The number of benzene rings is 4. The molecule has 0 bridgehead atoms. The molecule has 10 nitrogen and oxygen atoms in total. The molecule has 3 aliphatic rings. The van der Waals surface area contributed by atoms with Gasteiger partial charge in [0.05, 0.1) is 13.3 Å². The Hall–Kier alpha value is -5.32. The van der Waals surface area contributed by atoms with Crippen molar-refractivity contribution in [2.75, 3.05) is 26.4 Å². The molecule has 2 N–H and O–H groups in total. The summed E-state index contributed by atoms with van der Waals surface area (Å²) in [6, 6.07) is 36.2. The SMILES string of the molecule is CC1CN(CN2C(=O)NC(c3ccccc3)(c3ccccc3)C2=O)C(C)CN1CN1C(=O)NC(c2ccccc2)(c2ccccc2)C1=O. The first-order valence-corrected chi connectivity index (χ1v) is 16.2. The van der Waals surface area contributed by atoms with Crippen LogP contribution in [0.15, 0.2) is 121 Å². The van der Waals surface area contributed by atoms with Gasteiger partial charge in [-0.1, -0.05) is 121 Å². The Morgan fingerprint density at radius 1 is 0.500 bits per heavy atom. The molecule has 0 saturated carbocycles. The molecule has 0 spiro atoms. The first-order chi connectivity index (χ1) is 23.3. The van der Waals surface area contributed by atoms with Gasteiger partial charge in [0.25, 0.3) is 11.8 Å². The van der Waals surface area contributed by atoms with Crippen LogP contribution in [0, 0.1) is 0 Å². The summed E-state index contributed by atoms with van der Waals surface area (Å²) >= 11 is 0. The topological polar surface area (TPSA) is 105 Å². The summed E-state index contributed by atoms with van der Waals surface area (Å²) in [5.74, 6) is -0.658. The Labute approximate surface area is 279 Å². The summed E-state index contributed by atoms with van der Waals surface area (Å²) in [4.78, 5) is 62.4. The van der Waals surface area contributed by atoms with Crippen molar-refractivity contribution in [2.45, 2.75) is 37.0 Å². The van der Waals surface area contributed by atoms with Crippen molar-refractivity contribution in [1.29, 1.82) is 0 Å². The zero-order valence-corrected chi connectivity index (χ0v) is 27.0. The van der Waals surface area contributed by atoms with Crippen LogP contribution < -0.4 is 10.6 Å². The molecule has 4 aromatic carbocycles. The third-order valence-electron chi connectivity index (χ3n) is 9.93. The minimum atomic E-state index is -1.33. The Balaban J connectivity index is 1.09. The first kappa shape index (κ1) is 31.3. The van der Waals surface area contributed by atoms with Crippen molar-refractivity contribution in [3.8, 4) is 0 Å². The van der Waals surface area contributed by atoms with Crippen molar-refractivity contribution in [1.82, 2.24) is 30.2 Å². The Kier molecular flexibility index (Phi) is 8.06. The molecule has 3 fully saturated rings. The monoisotopic (exact) mass is 642 g/mol. The van der Waals surface area contributed by atoms with E-state index < -0.39 is 23.1 Å². The highest BCUT2D eigenvalue weighted by molar-refractivity contribution is 6.10. The predicted octanol–water partition coefficient (Wildman–Crippen LogP) is 4.29. The number of piperazine rings is 1. The second-order valence-corrected chi connectivity index (χ2v) is 12.8. The van der Waals surface area contributed by atoms with E-state index >= 15 is 0 Å². The van der Waals surface area contributed by atoms with E-state index in [1.54, 1.807) is 0 Å². The lowest BCUT2D eigenvalue weighted by Gasteiger charge is -2.45. The van der Waals surface area contributed by atoms with Crippen LogP contribution in [0.25, 0.3) is 0 Å². The number of hydrogen-bond acceptors (Lipinski definition) is 6. The molecule has 0 aliphatic carbocycles. The smallest absolute Gasteiger partial charge is 0.315 e. The highest BCUT2D eigenvalue weighted by Crippen LogP contribution is 2.38. The van der Waals surface area contributed by atoms with Gasteiger partial charge < -0.3 is 10.6 Å². The van der Waals surface area contributed by atoms with E-state index in [-0.39, 0.29) is 37.2 Å². The highest BCUT2D eigenvalue weighted by Gasteiger charge is 2.56. The number of carbonyl (C=O) groups is 4. The Bertz CT molecular complexity index is 1610. The lowest BCUT2D eigenvalue weighted by molar-refractivity contribution is -0.135. The van der Waals surface area contributed by atoms with Crippen LogP contribution in [0.3, 0.4) is 0 Å². The Morgan fingerprint density at radius 3 is 1.04 bits per heavy atom. The molecule has 0 aromatic heterocycles. The fourth-order valence-corrected chi connectivity index (χ4v) is 7.30. The second-order valence-electron chi connectivity index (χ2n) is 12.8. The number of nitrogens with zero attached hydrogens (tertiary/aromatic N) is 4. The van der Waals surface area contributed by atoms with Crippen LogP contribution in [0.4, 0.5) is 9.59 Å². The maximum atomic E-state index is 14.3. The van der Waals surface area contributed by atoms with Crippen LogP contribution in [-0.4, -0.2) is 82.0 Å². The Morgan fingerprint density at radius 2 is 0.771 bits per heavy atom. The summed E-state index contributed by atoms with van der Waals surface area (Å²) in [7, 11) is 0. The molecule has 4 aromatic rings. The van der Waals surface area contributed by atoms with E-state index in [1.807, 2.05) is 135 Å². The molecule has 10 heteroatoms. The van der Waals surface area contributed by atoms with E-state index in [0.29, 0.717) is 35.3 Å². The van der Waals surface area contributed by atoms with Crippen molar-refractivity contribution >= 4 is 23.9 Å². The van der Waals surface area contributed by atoms with Crippen molar-refractivity contribution < 1.29 is 19.2 Å². The van der Waals surface area contributed by atoms with Gasteiger partial charge in [-0.3, -0.25) is 19.4 Å². The summed E-state index contributed by atoms with van der Waals surface area (Å²) < 4.78 is 0. The average molecular weight is 643 g/mol. The molecule has 2 unspecified atom stereocenters. The van der Waals surface area contributed by atoms with E-state index in [2.05, 4.69) is 20.4 Å². The van der Waals surface area contributed by atoms with E-state index in [4.69, 9.17) is 0 Å². The molecule has 6 amide bonds. The van der Waals surface area contributed by atoms with Crippen LogP contribution >= 0.6 is 0 Å². The number of carbonyl (C=O) groups excluding carboxylic acids is 4. The first-order valence-electron chi connectivity index (χ1n) is 16.2. The van der Waals surface area contributed by atoms with E-state index in [9.17, 15) is 19.2 Å². The summed E-state index contributed by atoms with van der Waals surface area (Å²) in [6.45, 7) is 5.33. The molecule has 0 radical (unpaired) electrons. The van der Waals surface area contributed by atoms with Gasteiger partial charge in [0.2, 0.25) is 0 Å². The highest BCUT2D eigenvalue weighted by atomic mass is 16.2. The molecular weight excluding hydrogens is 604 g/mol. The van der Waals surface area contributed by atoms with Crippen molar-refractivity contribution in [3.63, 3.8) is 0 Å². The van der Waals surface area contributed by atoms with Crippen LogP contribution in [0.5, 0.6) is 0 Å². The van der Waals surface area contributed by atoms with Gasteiger partial charge >= 0.3 is 12.1 Å². The number of imide groups is 2. The minimum absolute atomic E-state index is 0.0842. The minimum Gasteiger partial charge on any atom is -0.315 e. The maximum absolute atomic E-state index is 14.3. The van der Waals surface area contributed by atoms with Gasteiger partial charge in [0.15, 0.2) is 11.1 Å². The molecule has 3 aliphatic heterocycles. The zero-order chi connectivity index (χ0) is 33.5. The van der Waals surface area contributed by atoms with Gasteiger partial charge in [-0.05, 0) is 36.1 Å². The third-order valence-corrected chi connectivity index (χ3v) is 9.93. The molecule has 3 heterocycles. The average Bonchev–Trinajstić information content (AvgIpc) is 3.53. The summed E-state index contributed by atoms with van der Waals surface area (Å²) in [6.07, 6.45) is 0. The summed E-state index contributed by atoms with van der Waals surface area (Å²) in [5.41, 5.74) is 0.115. The van der Waals surface area contributed by atoms with E-state index in [1.165, 1.54) is 9.80 Å². The van der Waals surface area contributed by atoms with Crippen LogP contribution in [0.1, 0.15) is 36.1 Å². The molecule has 7 rings (SSSR count). The molecule has 3 saturated heterocycles. The number of hydrogen-bond donors (Lipinski definition) is 2. The third kappa shape index (κ3) is 5.04. The number of nitrogens with one attached hydrogen (secondary N) is 2. The van der Waals surface area contributed by atoms with Crippen LogP contribution in [-0.2, 0) is 20.7 Å². The van der Waals surface area contributed by atoms with Gasteiger partial charge in [-0.2, -0.15) is 0 Å². The van der Waals surface area contributed by atoms with Gasteiger partial charge in [0, 0.05) is 25.2 Å². The maximum Gasteiger partial charge on any atom is 0.326 e. The number of urea groups is 2. The fraction of sp³-hybridized carbons (Fsp3) is 0.263. The lowest BCUT2D eigenvalue weighted by Crippen LogP contribution is -2.61. The summed E-state index contributed by atoms with van der Waals surface area (Å²) in [5, 5.41) is 6.06. The van der Waals surface area contributed by atoms with E-state index in [0.717, 1.165) is 0 Å².